The highest BCUT2D eigenvalue weighted by atomic mass is 16.7. The van der Waals surface area contributed by atoms with Gasteiger partial charge in [0.1, 0.15) is 6.10 Å². The molecule has 3 aliphatic heterocycles. The minimum atomic E-state index is -0.132. The van der Waals surface area contributed by atoms with Crippen LogP contribution in [0.1, 0.15) is 90.4 Å². The van der Waals surface area contributed by atoms with E-state index >= 15 is 0 Å². The van der Waals surface area contributed by atoms with Gasteiger partial charge in [-0.1, -0.05) is 38.3 Å². The molecule has 0 aromatic rings. The number of esters is 1. The fourth-order valence-corrected chi connectivity index (χ4v) is 5.61. The highest BCUT2D eigenvalue weighted by Crippen LogP contribution is 2.43. The molecule has 3 saturated heterocycles. The van der Waals surface area contributed by atoms with Gasteiger partial charge in [-0.2, -0.15) is 0 Å². The van der Waals surface area contributed by atoms with Gasteiger partial charge in [0, 0.05) is 37.9 Å². The monoisotopic (exact) mass is 450 g/mol. The first-order chi connectivity index (χ1) is 15.7. The molecule has 0 aromatic heterocycles. The van der Waals surface area contributed by atoms with Crippen molar-refractivity contribution in [3.05, 3.63) is 12.2 Å². The number of fused-ring (bicyclic) bond motifs is 1. The van der Waals surface area contributed by atoms with E-state index in [0.29, 0.717) is 12.3 Å². The molecule has 0 amide bonds. The van der Waals surface area contributed by atoms with Crippen molar-refractivity contribution >= 4 is 5.97 Å². The summed E-state index contributed by atoms with van der Waals surface area (Å²) in [4.78, 5) is 11.9. The normalized spacial score (nSPS) is 36.7. The Morgan fingerprint density at radius 1 is 1.03 bits per heavy atom. The molecule has 182 valence electrons. The van der Waals surface area contributed by atoms with Crippen LogP contribution in [0.3, 0.4) is 0 Å². The first kappa shape index (κ1) is 24.2. The zero-order valence-corrected chi connectivity index (χ0v) is 19.8. The van der Waals surface area contributed by atoms with E-state index in [1.807, 2.05) is 0 Å². The van der Waals surface area contributed by atoms with E-state index in [1.165, 1.54) is 19.3 Å². The lowest BCUT2D eigenvalue weighted by Crippen LogP contribution is -2.32. The lowest BCUT2D eigenvalue weighted by Gasteiger charge is -2.30. The molecule has 4 aliphatic rings. The molecule has 0 aromatic carbocycles. The highest BCUT2D eigenvalue weighted by Gasteiger charge is 2.47. The first-order valence-corrected chi connectivity index (χ1v) is 13.1. The maximum Gasteiger partial charge on any atom is 0.306 e. The quantitative estimate of drug-likeness (QED) is 0.256. The Morgan fingerprint density at radius 2 is 1.81 bits per heavy atom. The van der Waals surface area contributed by atoms with E-state index < -0.39 is 0 Å². The van der Waals surface area contributed by atoms with Crippen LogP contribution in [0, 0.1) is 11.8 Å². The molecule has 0 spiro atoms. The van der Waals surface area contributed by atoms with Gasteiger partial charge in [0.2, 0.25) is 0 Å². The third kappa shape index (κ3) is 6.78. The summed E-state index contributed by atoms with van der Waals surface area (Å²) in [5.41, 5.74) is 0. The Kier molecular flexibility index (Phi) is 9.44. The van der Waals surface area contributed by atoms with Crippen molar-refractivity contribution in [2.75, 3.05) is 13.2 Å². The molecule has 0 bridgehead atoms. The topological polar surface area (TPSA) is 63.2 Å². The molecule has 3 heterocycles. The number of hydrogen-bond donors (Lipinski definition) is 0. The third-order valence-electron chi connectivity index (χ3n) is 7.40. The van der Waals surface area contributed by atoms with Crippen molar-refractivity contribution in [3.63, 3.8) is 0 Å². The van der Waals surface area contributed by atoms with Crippen LogP contribution < -0.4 is 0 Å². The van der Waals surface area contributed by atoms with Crippen LogP contribution in [0.15, 0.2) is 12.2 Å². The van der Waals surface area contributed by atoms with E-state index in [2.05, 4.69) is 19.1 Å². The Morgan fingerprint density at radius 3 is 2.53 bits per heavy atom. The Labute approximate surface area is 193 Å². The van der Waals surface area contributed by atoms with E-state index in [4.69, 9.17) is 23.7 Å². The molecule has 0 N–H and O–H groups in total. The second-order valence-corrected chi connectivity index (χ2v) is 9.87. The molecular formula is C26H42O6. The summed E-state index contributed by atoms with van der Waals surface area (Å²) in [5.74, 6) is 0.474. The molecular weight excluding hydrogens is 408 g/mol. The van der Waals surface area contributed by atoms with E-state index in [1.54, 1.807) is 0 Å². The summed E-state index contributed by atoms with van der Waals surface area (Å²) in [6.07, 6.45) is 17.6. The van der Waals surface area contributed by atoms with E-state index in [-0.39, 0.29) is 42.8 Å². The fourth-order valence-electron chi connectivity index (χ4n) is 5.61. The van der Waals surface area contributed by atoms with Gasteiger partial charge in [0.15, 0.2) is 12.6 Å². The van der Waals surface area contributed by atoms with Crippen LogP contribution in [-0.2, 0) is 28.5 Å². The molecule has 0 radical (unpaired) electrons. The van der Waals surface area contributed by atoms with Crippen molar-refractivity contribution in [2.45, 2.75) is 121 Å². The molecule has 32 heavy (non-hydrogen) atoms. The van der Waals surface area contributed by atoms with Gasteiger partial charge in [-0.05, 0) is 51.4 Å². The van der Waals surface area contributed by atoms with Gasteiger partial charge in [-0.3, -0.25) is 4.79 Å². The number of carbonyl (C=O) groups is 1. The maximum atomic E-state index is 11.9. The van der Waals surface area contributed by atoms with Gasteiger partial charge < -0.3 is 23.7 Å². The third-order valence-corrected chi connectivity index (χ3v) is 7.40. The lowest BCUT2D eigenvalue weighted by atomic mass is 9.87. The second-order valence-electron chi connectivity index (χ2n) is 9.87. The standard InChI is InChI=1S/C26H42O6/c1-2-3-4-9-19(30-25-10-5-7-16-28-25)12-13-20-21-14-15-24(27)31-22(21)18-23(20)32-26-11-6-8-17-29-26/h12-13,19-23,25-26H,2-11,14-18H2,1H3/t19?,20-,21?,22?,23-,25?,26?/m1/s1. The first-order valence-electron chi connectivity index (χ1n) is 13.1. The summed E-state index contributed by atoms with van der Waals surface area (Å²) < 4.78 is 30.3. The fraction of sp³-hybridized carbons (Fsp3) is 0.885. The summed E-state index contributed by atoms with van der Waals surface area (Å²) >= 11 is 0. The van der Waals surface area contributed by atoms with Gasteiger partial charge in [-0.25, -0.2) is 0 Å². The predicted octanol–water partition coefficient (Wildman–Crippen LogP) is 5.29. The number of carbonyl (C=O) groups excluding carboxylic acids is 1. The second kappa shape index (κ2) is 12.5. The molecule has 7 atom stereocenters. The minimum Gasteiger partial charge on any atom is -0.462 e. The van der Waals surface area contributed by atoms with Gasteiger partial charge >= 0.3 is 5.97 Å². The summed E-state index contributed by atoms with van der Waals surface area (Å²) in [5, 5.41) is 0. The van der Waals surface area contributed by atoms with Gasteiger partial charge in [-0.15, -0.1) is 0 Å². The molecule has 1 aliphatic carbocycles. The predicted molar refractivity (Wildman–Crippen MR) is 121 cm³/mol. The highest BCUT2D eigenvalue weighted by molar-refractivity contribution is 5.70. The number of hydrogen-bond acceptors (Lipinski definition) is 6. The number of ether oxygens (including phenoxy) is 5. The molecule has 4 rings (SSSR count). The SMILES string of the molecule is CCCCCC(C=C[C@@H]1C2CCC(=O)OC2C[C@H]1OC1CCCCO1)OC1CCCCO1. The molecule has 5 unspecified atom stereocenters. The van der Waals surface area contributed by atoms with Crippen molar-refractivity contribution in [1.29, 1.82) is 0 Å². The molecule has 6 heteroatoms. The molecule has 6 nitrogen and oxygen atoms in total. The maximum absolute atomic E-state index is 11.9. The van der Waals surface area contributed by atoms with Crippen molar-refractivity contribution in [3.8, 4) is 0 Å². The van der Waals surface area contributed by atoms with E-state index in [0.717, 1.165) is 71.0 Å². The van der Waals surface area contributed by atoms with Crippen molar-refractivity contribution in [1.82, 2.24) is 0 Å². The molecule has 4 fully saturated rings. The van der Waals surface area contributed by atoms with Crippen LogP contribution >= 0.6 is 0 Å². The largest absolute Gasteiger partial charge is 0.462 e. The summed E-state index contributed by atoms with van der Waals surface area (Å²) in [7, 11) is 0. The average Bonchev–Trinajstić information content (AvgIpc) is 3.14. The summed E-state index contributed by atoms with van der Waals surface area (Å²) in [6.45, 7) is 3.80. The van der Waals surface area contributed by atoms with Crippen molar-refractivity contribution < 1.29 is 28.5 Å². The van der Waals surface area contributed by atoms with Crippen LogP contribution in [0.4, 0.5) is 0 Å². The van der Waals surface area contributed by atoms with Crippen LogP contribution in [0.5, 0.6) is 0 Å². The molecule has 1 saturated carbocycles. The number of unbranched alkanes of at least 4 members (excludes halogenated alkanes) is 2. The Hall–Kier alpha value is -0.950. The Bertz CT molecular complexity index is 595. The van der Waals surface area contributed by atoms with Crippen molar-refractivity contribution in [2.24, 2.45) is 11.8 Å². The lowest BCUT2D eigenvalue weighted by molar-refractivity contribution is -0.193. The summed E-state index contributed by atoms with van der Waals surface area (Å²) in [6, 6.07) is 0. The van der Waals surface area contributed by atoms with E-state index in [9.17, 15) is 4.79 Å². The average molecular weight is 451 g/mol. The van der Waals surface area contributed by atoms with Crippen LogP contribution in [0.2, 0.25) is 0 Å². The zero-order chi connectivity index (χ0) is 22.2. The number of rotatable bonds is 10. The minimum absolute atomic E-state index is 0.0254. The Balaban J connectivity index is 1.43. The van der Waals surface area contributed by atoms with Crippen LogP contribution in [-0.4, -0.2) is 50.1 Å². The van der Waals surface area contributed by atoms with Gasteiger partial charge in [0.05, 0.1) is 12.2 Å². The smallest absolute Gasteiger partial charge is 0.306 e. The zero-order valence-electron chi connectivity index (χ0n) is 19.8. The van der Waals surface area contributed by atoms with Gasteiger partial charge in [0.25, 0.3) is 0 Å². The van der Waals surface area contributed by atoms with Crippen LogP contribution in [0.25, 0.3) is 0 Å².